The molecule has 0 fully saturated rings. The summed E-state index contributed by atoms with van der Waals surface area (Å²) in [4.78, 5) is 12.2. The van der Waals surface area contributed by atoms with Crippen molar-refractivity contribution in [3.63, 3.8) is 0 Å². The smallest absolute Gasteiger partial charge is 0.347 e. The number of esters is 1. The Morgan fingerprint density at radius 1 is 1.00 bits per heavy atom. The van der Waals surface area contributed by atoms with Crippen LogP contribution in [0.5, 0.6) is 5.75 Å². The monoisotopic (exact) mass is 374 g/mol. The van der Waals surface area contributed by atoms with Crippen molar-refractivity contribution in [3.8, 4) is 5.75 Å². The van der Waals surface area contributed by atoms with Crippen molar-refractivity contribution < 1.29 is 14.3 Å². The van der Waals surface area contributed by atoms with Crippen LogP contribution < -0.4 is 4.74 Å². The lowest BCUT2D eigenvalue weighted by atomic mass is 10.0. The van der Waals surface area contributed by atoms with Gasteiger partial charge in [0.1, 0.15) is 5.75 Å². The summed E-state index contributed by atoms with van der Waals surface area (Å²) in [5.41, 5.74) is 2.44. The number of carbonyl (C=O) groups is 1. The van der Waals surface area contributed by atoms with Crippen LogP contribution in [0.1, 0.15) is 43.7 Å². The Kier molecular flexibility index (Phi) is 8.49. The first-order chi connectivity index (χ1) is 12.6. The van der Waals surface area contributed by atoms with E-state index in [0.717, 1.165) is 36.3 Å². The van der Waals surface area contributed by atoms with Crippen LogP contribution >= 0.6 is 11.6 Å². The Labute approximate surface area is 161 Å². The highest BCUT2D eigenvalue weighted by Gasteiger charge is 2.21. The second kappa shape index (κ2) is 10.9. The number of rotatable bonds is 10. The van der Waals surface area contributed by atoms with Crippen LogP contribution in [0.3, 0.4) is 0 Å². The second-order valence-corrected chi connectivity index (χ2v) is 6.83. The zero-order valence-corrected chi connectivity index (χ0v) is 16.3. The summed E-state index contributed by atoms with van der Waals surface area (Å²) in [5.74, 6) is 0.417. The van der Waals surface area contributed by atoms with Gasteiger partial charge in [-0.3, -0.25) is 0 Å². The highest BCUT2D eigenvalue weighted by molar-refractivity contribution is 6.30. The summed E-state index contributed by atoms with van der Waals surface area (Å²) in [6.07, 6.45) is 4.15. The van der Waals surface area contributed by atoms with Crippen LogP contribution in [-0.4, -0.2) is 18.7 Å². The van der Waals surface area contributed by atoms with Gasteiger partial charge in [0.15, 0.2) is 6.10 Å². The minimum Gasteiger partial charge on any atom is -0.479 e. The van der Waals surface area contributed by atoms with Crippen LogP contribution in [0.2, 0.25) is 5.02 Å². The Morgan fingerprint density at radius 3 is 2.35 bits per heavy atom. The van der Waals surface area contributed by atoms with Crippen molar-refractivity contribution in [2.24, 2.45) is 0 Å². The summed E-state index contributed by atoms with van der Waals surface area (Å²) in [6.45, 7) is 4.20. The maximum atomic E-state index is 12.2. The summed E-state index contributed by atoms with van der Waals surface area (Å²) in [6, 6.07) is 15.7. The molecular formula is C22H27ClO3. The van der Waals surface area contributed by atoms with Gasteiger partial charge >= 0.3 is 5.97 Å². The molecule has 0 aliphatic heterocycles. The molecule has 1 unspecified atom stereocenters. The topological polar surface area (TPSA) is 35.5 Å². The molecule has 0 saturated heterocycles. The largest absolute Gasteiger partial charge is 0.479 e. The number of carbonyl (C=O) groups excluding carboxylic acids is 1. The second-order valence-electron chi connectivity index (χ2n) is 6.40. The van der Waals surface area contributed by atoms with Crippen molar-refractivity contribution in [3.05, 3.63) is 64.7 Å². The maximum absolute atomic E-state index is 12.2. The Bertz CT molecular complexity index is 665. The van der Waals surface area contributed by atoms with Gasteiger partial charge in [-0.2, -0.15) is 0 Å². The van der Waals surface area contributed by atoms with Gasteiger partial charge in [-0.25, -0.2) is 4.79 Å². The summed E-state index contributed by atoms with van der Waals surface area (Å²) in [5, 5.41) is 0.763. The molecule has 0 radical (unpaired) electrons. The van der Waals surface area contributed by atoms with E-state index in [1.807, 2.05) is 50.2 Å². The number of halogens is 1. The van der Waals surface area contributed by atoms with Gasteiger partial charge in [-0.1, -0.05) is 47.9 Å². The first kappa shape index (κ1) is 20.3. The van der Waals surface area contributed by atoms with E-state index in [1.54, 1.807) is 0 Å². The molecular weight excluding hydrogens is 348 g/mol. The van der Waals surface area contributed by atoms with Crippen LogP contribution in [0.4, 0.5) is 0 Å². The highest BCUT2D eigenvalue weighted by atomic mass is 35.5. The number of hydrogen-bond donors (Lipinski definition) is 0. The fraction of sp³-hybridized carbons (Fsp3) is 0.409. The average molecular weight is 375 g/mol. The molecule has 3 nitrogen and oxygen atoms in total. The molecule has 0 aliphatic rings. The third-order valence-electron chi connectivity index (χ3n) is 4.19. The minimum atomic E-state index is -0.548. The first-order valence-electron chi connectivity index (χ1n) is 9.23. The fourth-order valence-electron chi connectivity index (χ4n) is 2.73. The Morgan fingerprint density at radius 2 is 1.69 bits per heavy atom. The molecule has 140 valence electrons. The van der Waals surface area contributed by atoms with Crippen molar-refractivity contribution in [2.75, 3.05) is 6.61 Å². The number of hydrogen-bond acceptors (Lipinski definition) is 3. The number of unbranched alkanes of at least 4 members (excludes halogenated alkanes) is 2. The number of benzene rings is 2. The van der Waals surface area contributed by atoms with Gasteiger partial charge in [0.25, 0.3) is 0 Å². The SMILES string of the molecule is CCOC(=O)C(CCCCCc1ccc(Cl)cc1)Oc1ccc(C)cc1. The quantitative estimate of drug-likeness (QED) is 0.391. The van der Waals surface area contributed by atoms with Crippen molar-refractivity contribution >= 4 is 17.6 Å². The molecule has 0 spiro atoms. The molecule has 0 amide bonds. The Hall–Kier alpha value is -2.00. The zero-order chi connectivity index (χ0) is 18.8. The lowest BCUT2D eigenvalue weighted by Crippen LogP contribution is -2.29. The van der Waals surface area contributed by atoms with E-state index >= 15 is 0 Å². The van der Waals surface area contributed by atoms with E-state index in [0.29, 0.717) is 18.8 Å². The molecule has 4 heteroatoms. The highest BCUT2D eigenvalue weighted by Crippen LogP contribution is 2.18. The van der Waals surface area contributed by atoms with Gasteiger partial charge < -0.3 is 9.47 Å². The normalized spacial score (nSPS) is 11.8. The van der Waals surface area contributed by atoms with Gasteiger partial charge in [-0.05, 0) is 69.4 Å². The first-order valence-corrected chi connectivity index (χ1v) is 9.60. The van der Waals surface area contributed by atoms with E-state index in [-0.39, 0.29) is 5.97 Å². The predicted octanol–water partition coefficient (Wildman–Crippen LogP) is 5.76. The molecule has 2 aromatic carbocycles. The van der Waals surface area contributed by atoms with Crippen molar-refractivity contribution in [2.45, 2.75) is 52.1 Å². The molecule has 2 aromatic rings. The fourth-order valence-corrected chi connectivity index (χ4v) is 2.85. The molecule has 26 heavy (non-hydrogen) atoms. The standard InChI is InChI=1S/C22H27ClO3/c1-3-25-22(24)21(26-20-15-9-17(2)10-16-20)8-6-4-5-7-18-11-13-19(23)14-12-18/h9-16,21H,3-8H2,1-2H3. The number of aryl methyl sites for hydroxylation is 2. The molecule has 0 N–H and O–H groups in total. The predicted molar refractivity (Wildman–Crippen MR) is 106 cm³/mol. The number of ether oxygens (including phenoxy) is 2. The van der Waals surface area contributed by atoms with Gasteiger partial charge in [-0.15, -0.1) is 0 Å². The molecule has 1 atom stereocenters. The van der Waals surface area contributed by atoms with Crippen LogP contribution in [0.15, 0.2) is 48.5 Å². The van der Waals surface area contributed by atoms with Gasteiger partial charge in [0, 0.05) is 5.02 Å². The summed E-state index contributed by atoms with van der Waals surface area (Å²) in [7, 11) is 0. The average Bonchev–Trinajstić information content (AvgIpc) is 2.64. The third kappa shape index (κ3) is 7.09. The van der Waals surface area contributed by atoms with Crippen LogP contribution in [0, 0.1) is 6.92 Å². The van der Waals surface area contributed by atoms with E-state index in [2.05, 4.69) is 12.1 Å². The lowest BCUT2D eigenvalue weighted by molar-refractivity contribution is -0.151. The van der Waals surface area contributed by atoms with Crippen molar-refractivity contribution in [1.29, 1.82) is 0 Å². The van der Waals surface area contributed by atoms with Crippen molar-refractivity contribution in [1.82, 2.24) is 0 Å². The maximum Gasteiger partial charge on any atom is 0.347 e. The zero-order valence-electron chi connectivity index (χ0n) is 15.5. The molecule has 0 aromatic heterocycles. The molecule has 2 rings (SSSR count). The lowest BCUT2D eigenvalue weighted by Gasteiger charge is -2.18. The van der Waals surface area contributed by atoms with E-state index in [1.165, 1.54) is 5.56 Å². The molecule has 0 saturated carbocycles. The Balaban J connectivity index is 1.79. The van der Waals surface area contributed by atoms with E-state index in [4.69, 9.17) is 21.1 Å². The summed E-state index contributed by atoms with van der Waals surface area (Å²) >= 11 is 5.90. The van der Waals surface area contributed by atoms with E-state index in [9.17, 15) is 4.79 Å². The van der Waals surface area contributed by atoms with Gasteiger partial charge in [0.05, 0.1) is 6.61 Å². The van der Waals surface area contributed by atoms with E-state index < -0.39 is 6.10 Å². The third-order valence-corrected chi connectivity index (χ3v) is 4.45. The minimum absolute atomic E-state index is 0.286. The van der Waals surface area contributed by atoms with Gasteiger partial charge in [0.2, 0.25) is 0 Å². The van der Waals surface area contributed by atoms with Crippen LogP contribution in [-0.2, 0) is 16.0 Å². The van der Waals surface area contributed by atoms with Crippen LogP contribution in [0.25, 0.3) is 0 Å². The molecule has 0 aliphatic carbocycles. The molecule has 0 heterocycles. The molecule has 0 bridgehead atoms. The summed E-state index contributed by atoms with van der Waals surface area (Å²) < 4.78 is 11.0.